The molecular formula is C31H31N7O2. The Kier molecular flexibility index (Phi) is 6.93. The highest BCUT2D eigenvalue weighted by Crippen LogP contribution is 2.40. The maximum atomic E-state index is 12.9. The number of anilines is 1. The molecule has 3 heterocycles. The zero-order valence-corrected chi connectivity index (χ0v) is 22.4. The number of hydrogen-bond acceptors (Lipinski definition) is 7. The SMILES string of the molecule is CN(CC=CC(=O)N1CCC(n2c(C#N)c(-c3ccc(Oc4ccccc4)cc3)c3c(N)ncnc32)C1)C1CC1. The van der Waals surface area contributed by atoms with Gasteiger partial charge in [0.2, 0.25) is 5.91 Å². The van der Waals surface area contributed by atoms with Gasteiger partial charge < -0.3 is 19.9 Å². The second kappa shape index (κ2) is 10.8. The van der Waals surface area contributed by atoms with Crippen LogP contribution in [0.3, 0.4) is 0 Å². The molecule has 0 spiro atoms. The number of ether oxygens (including phenoxy) is 1. The van der Waals surface area contributed by atoms with E-state index >= 15 is 0 Å². The number of carbonyl (C=O) groups excluding carboxylic acids is 1. The first kappa shape index (κ1) is 25.6. The number of likely N-dealkylation sites (tertiary alicyclic amines) is 1. The summed E-state index contributed by atoms with van der Waals surface area (Å²) in [5.41, 5.74) is 8.93. The molecule has 1 saturated carbocycles. The molecule has 0 bridgehead atoms. The van der Waals surface area contributed by atoms with Crippen molar-refractivity contribution >= 4 is 22.8 Å². The number of aromatic nitrogens is 3. The van der Waals surface area contributed by atoms with E-state index < -0.39 is 0 Å². The zero-order valence-electron chi connectivity index (χ0n) is 22.4. The minimum atomic E-state index is -0.104. The second-order valence-corrected chi connectivity index (χ2v) is 10.4. The Morgan fingerprint density at radius 1 is 1.12 bits per heavy atom. The fourth-order valence-corrected chi connectivity index (χ4v) is 5.46. The van der Waals surface area contributed by atoms with Gasteiger partial charge in [-0.05, 0) is 56.1 Å². The topological polar surface area (TPSA) is 113 Å². The van der Waals surface area contributed by atoms with Crippen molar-refractivity contribution in [1.29, 1.82) is 5.26 Å². The molecule has 2 N–H and O–H groups in total. The molecule has 40 heavy (non-hydrogen) atoms. The monoisotopic (exact) mass is 533 g/mol. The van der Waals surface area contributed by atoms with Crippen LogP contribution in [0, 0.1) is 11.3 Å². The third kappa shape index (κ3) is 5.01. The minimum Gasteiger partial charge on any atom is -0.457 e. The quantitative estimate of drug-likeness (QED) is 0.325. The Morgan fingerprint density at radius 2 is 1.88 bits per heavy atom. The lowest BCUT2D eigenvalue weighted by molar-refractivity contribution is -0.125. The van der Waals surface area contributed by atoms with Crippen molar-refractivity contribution < 1.29 is 9.53 Å². The number of hydrogen-bond donors (Lipinski definition) is 1. The van der Waals surface area contributed by atoms with Crippen molar-refractivity contribution in [2.75, 3.05) is 32.4 Å². The van der Waals surface area contributed by atoms with Gasteiger partial charge in [-0.15, -0.1) is 0 Å². The van der Waals surface area contributed by atoms with Crippen molar-refractivity contribution in [3.05, 3.63) is 78.8 Å². The van der Waals surface area contributed by atoms with Crippen LogP contribution in [-0.2, 0) is 4.79 Å². The summed E-state index contributed by atoms with van der Waals surface area (Å²) in [7, 11) is 2.09. The fourth-order valence-electron chi connectivity index (χ4n) is 5.46. The molecule has 2 aromatic carbocycles. The highest BCUT2D eigenvalue weighted by Gasteiger charge is 2.32. The molecule has 2 aliphatic rings. The van der Waals surface area contributed by atoms with Crippen LogP contribution in [0.5, 0.6) is 11.5 Å². The van der Waals surface area contributed by atoms with E-state index in [1.165, 1.54) is 19.2 Å². The maximum Gasteiger partial charge on any atom is 0.246 e. The molecule has 1 aliphatic carbocycles. The van der Waals surface area contributed by atoms with E-state index in [1.807, 2.05) is 70.1 Å². The number of amides is 1. The van der Waals surface area contributed by atoms with Gasteiger partial charge >= 0.3 is 0 Å². The number of para-hydroxylation sites is 1. The average molecular weight is 534 g/mol. The smallest absolute Gasteiger partial charge is 0.246 e. The number of likely N-dealkylation sites (N-methyl/N-ethyl adjacent to an activating group) is 1. The number of nitriles is 1. The number of carbonyl (C=O) groups is 1. The van der Waals surface area contributed by atoms with Gasteiger partial charge in [0.15, 0.2) is 0 Å². The van der Waals surface area contributed by atoms with Crippen LogP contribution in [0.1, 0.15) is 31.0 Å². The summed E-state index contributed by atoms with van der Waals surface area (Å²) in [6.07, 6.45) is 8.22. The zero-order chi connectivity index (χ0) is 27.6. The summed E-state index contributed by atoms with van der Waals surface area (Å²) >= 11 is 0. The highest BCUT2D eigenvalue weighted by molar-refractivity contribution is 6.03. The van der Waals surface area contributed by atoms with Crippen molar-refractivity contribution in [1.82, 2.24) is 24.3 Å². The van der Waals surface area contributed by atoms with E-state index in [9.17, 15) is 10.1 Å². The third-order valence-corrected chi connectivity index (χ3v) is 7.70. The Balaban J connectivity index is 1.28. The van der Waals surface area contributed by atoms with E-state index in [-0.39, 0.29) is 11.9 Å². The minimum absolute atomic E-state index is 0.00923. The Bertz CT molecular complexity index is 1600. The van der Waals surface area contributed by atoms with E-state index in [0.717, 1.165) is 17.9 Å². The van der Waals surface area contributed by atoms with E-state index in [4.69, 9.17) is 10.5 Å². The largest absolute Gasteiger partial charge is 0.457 e. The lowest BCUT2D eigenvalue weighted by atomic mass is 10.0. The number of nitrogens with two attached hydrogens (primary N) is 1. The molecule has 1 amide bonds. The van der Waals surface area contributed by atoms with Crippen molar-refractivity contribution in [2.24, 2.45) is 0 Å². The normalized spacial score (nSPS) is 17.1. The van der Waals surface area contributed by atoms with E-state index in [1.54, 1.807) is 6.08 Å². The van der Waals surface area contributed by atoms with Crippen LogP contribution >= 0.6 is 0 Å². The number of nitrogens with zero attached hydrogens (tertiary/aromatic N) is 6. The van der Waals surface area contributed by atoms with Gasteiger partial charge in [0.05, 0.1) is 11.4 Å². The van der Waals surface area contributed by atoms with E-state index in [0.29, 0.717) is 59.4 Å². The molecule has 202 valence electrons. The molecule has 9 heteroatoms. The molecule has 1 unspecified atom stereocenters. The third-order valence-electron chi connectivity index (χ3n) is 7.70. The number of benzene rings is 2. The first-order chi connectivity index (χ1) is 19.5. The molecule has 1 aliphatic heterocycles. The second-order valence-electron chi connectivity index (χ2n) is 10.4. The first-order valence-corrected chi connectivity index (χ1v) is 13.6. The molecule has 1 saturated heterocycles. The molecule has 9 nitrogen and oxygen atoms in total. The summed E-state index contributed by atoms with van der Waals surface area (Å²) in [6, 6.07) is 20.1. The van der Waals surface area contributed by atoms with Gasteiger partial charge in [0, 0.05) is 37.3 Å². The number of rotatable bonds is 8. The van der Waals surface area contributed by atoms with E-state index in [2.05, 4.69) is 28.0 Å². The van der Waals surface area contributed by atoms with Crippen LogP contribution in [0.2, 0.25) is 0 Å². The van der Waals surface area contributed by atoms with Crippen LogP contribution in [0.4, 0.5) is 5.82 Å². The summed E-state index contributed by atoms with van der Waals surface area (Å²) in [5.74, 6) is 1.73. The number of fused-ring (bicyclic) bond motifs is 1. The van der Waals surface area contributed by atoms with Crippen LogP contribution < -0.4 is 10.5 Å². The molecule has 0 radical (unpaired) electrons. The van der Waals surface area contributed by atoms with Crippen LogP contribution in [-0.4, -0.2) is 63.0 Å². The lowest BCUT2D eigenvalue weighted by Crippen LogP contribution is -2.28. The van der Waals surface area contributed by atoms with Gasteiger partial charge in [-0.3, -0.25) is 9.69 Å². The molecule has 6 rings (SSSR count). The van der Waals surface area contributed by atoms with Crippen LogP contribution in [0.25, 0.3) is 22.2 Å². The summed E-state index contributed by atoms with van der Waals surface area (Å²) in [5, 5.41) is 11.0. The Hall–Kier alpha value is -4.68. The fraction of sp³-hybridized carbons (Fsp3) is 0.290. The number of nitrogen functional groups attached to an aromatic ring is 1. The average Bonchev–Trinajstić information content (AvgIpc) is 3.61. The molecule has 1 atom stereocenters. The first-order valence-electron chi connectivity index (χ1n) is 13.6. The molecule has 2 aromatic heterocycles. The summed E-state index contributed by atoms with van der Waals surface area (Å²) in [4.78, 5) is 25.8. The summed E-state index contributed by atoms with van der Waals surface area (Å²) < 4.78 is 7.89. The Labute approximate surface area is 233 Å². The predicted octanol–water partition coefficient (Wildman–Crippen LogP) is 4.77. The van der Waals surface area contributed by atoms with Gasteiger partial charge in [-0.25, -0.2) is 9.97 Å². The molecule has 2 fully saturated rings. The highest BCUT2D eigenvalue weighted by atomic mass is 16.5. The van der Waals surface area contributed by atoms with Crippen molar-refractivity contribution in [3.8, 4) is 28.7 Å². The summed E-state index contributed by atoms with van der Waals surface area (Å²) in [6.45, 7) is 1.87. The van der Waals surface area contributed by atoms with Gasteiger partial charge in [-0.2, -0.15) is 5.26 Å². The van der Waals surface area contributed by atoms with Crippen molar-refractivity contribution in [2.45, 2.75) is 31.3 Å². The molecule has 4 aromatic rings. The van der Waals surface area contributed by atoms with Crippen molar-refractivity contribution in [3.63, 3.8) is 0 Å². The predicted molar refractivity (Wildman–Crippen MR) is 154 cm³/mol. The maximum absolute atomic E-state index is 12.9. The molecular weight excluding hydrogens is 502 g/mol. The van der Waals surface area contributed by atoms with Gasteiger partial charge in [0.25, 0.3) is 0 Å². The Morgan fingerprint density at radius 3 is 2.60 bits per heavy atom. The lowest BCUT2D eigenvalue weighted by Gasteiger charge is -2.17. The van der Waals surface area contributed by atoms with Crippen LogP contribution in [0.15, 0.2) is 73.1 Å². The van der Waals surface area contributed by atoms with Gasteiger partial charge in [-0.1, -0.05) is 36.4 Å². The standard InChI is InChI=1S/C31H31N7O2/c1-36(22-11-12-22)16-5-8-27(39)37-17-15-23(19-37)38-26(18-32)28(29-30(33)34-20-35-31(29)38)21-9-13-25(14-10-21)40-24-6-3-2-4-7-24/h2-10,13-14,20,22-23H,11-12,15-17,19H2,1H3,(H2,33,34,35). The van der Waals surface area contributed by atoms with Gasteiger partial charge in [0.1, 0.15) is 41.1 Å².